The van der Waals surface area contributed by atoms with E-state index in [1.807, 2.05) is 17.7 Å². The fraction of sp³-hybridized carbons (Fsp3) is 0.556. The zero-order valence-corrected chi connectivity index (χ0v) is 15.4. The van der Waals surface area contributed by atoms with Gasteiger partial charge in [0.15, 0.2) is 11.6 Å². The Balaban J connectivity index is 1.32. The minimum absolute atomic E-state index is 0.442. The molecule has 2 fully saturated rings. The highest BCUT2D eigenvalue weighted by molar-refractivity contribution is 5.38. The Morgan fingerprint density at radius 3 is 2.52 bits per heavy atom. The quantitative estimate of drug-likeness (QED) is 0.680. The molecule has 1 saturated heterocycles. The molecule has 4 heterocycles. The summed E-state index contributed by atoms with van der Waals surface area (Å²) in [7, 11) is 0. The smallest absolute Gasteiger partial charge is 0.155 e. The molecule has 1 aliphatic heterocycles. The van der Waals surface area contributed by atoms with Crippen LogP contribution in [-0.2, 0) is 6.54 Å². The third kappa shape index (κ3) is 3.29. The number of hydrogen-bond donors (Lipinski definition) is 0. The third-order valence-electron chi connectivity index (χ3n) is 5.44. The van der Waals surface area contributed by atoms with Gasteiger partial charge in [0.25, 0.3) is 0 Å². The van der Waals surface area contributed by atoms with Crippen molar-refractivity contribution in [2.24, 2.45) is 0 Å². The number of aromatic nitrogens is 8. The van der Waals surface area contributed by atoms with Crippen LogP contribution < -0.4 is 4.90 Å². The summed E-state index contributed by atoms with van der Waals surface area (Å²) in [4.78, 5) is 6.34. The molecule has 27 heavy (non-hydrogen) atoms. The van der Waals surface area contributed by atoms with Crippen molar-refractivity contribution in [1.29, 1.82) is 0 Å². The van der Waals surface area contributed by atoms with E-state index in [2.05, 4.69) is 46.0 Å². The Labute approximate surface area is 157 Å². The maximum atomic E-state index is 4.60. The molecule has 1 aliphatic carbocycles. The molecule has 140 valence electrons. The lowest BCUT2D eigenvalue weighted by atomic mass is 9.95. The van der Waals surface area contributed by atoms with E-state index < -0.39 is 0 Å². The monoisotopic (exact) mass is 365 g/mol. The maximum absolute atomic E-state index is 4.60. The van der Waals surface area contributed by atoms with Crippen LogP contribution in [0.4, 0.5) is 5.82 Å². The van der Waals surface area contributed by atoms with E-state index in [-0.39, 0.29) is 0 Å². The molecule has 0 unspecified atom stereocenters. The summed E-state index contributed by atoms with van der Waals surface area (Å²) in [5.74, 6) is 3.54. The van der Waals surface area contributed by atoms with Gasteiger partial charge in [-0.3, -0.25) is 0 Å². The predicted octanol–water partition coefficient (Wildman–Crippen LogP) is 1.74. The van der Waals surface area contributed by atoms with Gasteiger partial charge in [0.05, 0.1) is 5.69 Å². The Morgan fingerprint density at radius 2 is 1.85 bits per heavy atom. The largest absolute Gasteiger partial charge is 0.355 e. The molecule has 3 aromatic heterocycles. The van der Waals surface area contributed by atoms with Crippen molar-refractivity contribution in [2.45, 2.75) is 51.1 Å². The summed E-state index contributed by atoms with van der Waals surface area (Å²) in [6.45, 7) is 4.53. The molecule has 0 amide bonds. The van der Waals surface area contributed by atoms with E-state index in [0.29, 0.717) is 18.5 Å². The van der Waals surface area contributed by atoms with Crippen molar-refractivity contribution < 1.29 is 0 Å². The second-order valence-corrected chi connectivity index (χ2v) is 7.46. The fourth-order valence-corrected chi connectivity index (χ4v) is 3.84. The summed E-state index contributed by atoms with van der Waals surface area (Å²) in [5.41, 5.74) is 0.950. The van der Waals surface area contributed by atoms with Crippen molar-refractivity contribution in [2.75, 3.05) is 18.0 Å². The molecule has 9 nitrogen and oxygen atoms in total. The van der Waals surface area contributed by atoms with Gasteiger partial charge in [-0.1, -0.05) is 0 Å². The Morgan fingerprint density at radius 1 is 1.00 bits per heavy atom. The molecule has 0 aromatic carbocycles. The summed E-state index contributed by atoms with van der Waals surface area (Å²) in [6, 6.07) is 4.63. The molecule has 1 saturated carbocycles. The van der Waals surface area contributed by atoms with Crippen molar-refractivity contribution in [3.63, 3.8) is 0 Å². The number of aryl methyl sites for hydroxylation is 1. The first kappa shape index (κ1) is 16.3. The van der Waals surface area contributed by atoms with E-state index in [4.69, 9.17) is 0 Å². The number of anilines is 1. The second-order valence-electron chi connectivity index (χ2n) is 7.46. The van der Waals surface area contributed by atoms with Crippen molar-refractivity contribution in [3.05, 3.63) is 42.1 Å². The molecular formula is C18H23N9. The maximum Gasteiger partial charge on any atom is 0.155 e. The van der Waals surface area contributed by atoms with E-state index in [9.17, 15) is 0 Å². The highest BCUT2D eigenvalue weighted by Crippen LogP contribution is 2.40. The number of hydrogen-bond acceptors (Lipinski definition) is 7. The standard InChI is InChI=1S/C18H23N9/c1-13-2-5-16(22-21-13)25-8-6-14(7-9-25)18-24-23-17(27(18)15-3-4-15)10-26-12-19-11-20-26/h2,5,11-12,14-15H,3-4,6-10H2,1H3. The zero-order valence-electron chi connectivity index (χ0n) is 15.4. The van der Waals surface area contributed by atoms with Crippen LogP contribution in [0.2, 0.25) is 0 Å². The Kier molecular flexibility index (Phi) is 4.06. The van der Waals surface area contributed by atoms with E-state index >= 15 is 0 Å². The Hall–Kier alpha value is -2.84. The van der Waals surface area contributed by atoms with Gasteiger partial charge >= 0.3 is 0 Å². The molecule has 5 rings (SSSR count). The highest BCUT2D eigenvalue weighted by atomic mass is 15.4. The molecule has 0 N–H and O–H groups in total. The zero-order chi connectivity index (χ0) is 18.2. The minimum atomic E-state index is 0.442. The topological polar surface area (TPSA) is 90.4 Å². The average Bonchev–Trinajstić information content (AvgIpc) is 3.24. The minimum Gasteiger partial charge on any atom is -0.355 e. The number of piperidine rings is 1. The molecule has 0 spiro atoms. The van der Waals surface area contributed by atoms with E-state index in [1.165, 1.54) is 12.8 Å². The van der Waals surface area contributed by atoms with Gasteiger partial charge in [-0.15, -0.1) is 15.3 Å². The lowest BCUT2D eigenvalue weighted by Gasteiger charge is -2.32. The fourth-order valence-electron chi connectivity index (χ4n) is 3.84. The first-order valence-electron chi connectivity index (χ1n) is 9.59. The van der Waals surface area contributed by atoms with Gasteiger partial charge in [0, 0.05) is 25.0 Å². The summed E-state index contributed by atoms with van der Waals surface area (Å²) in [6.07, 6.45) is 7.84. The van der Waals surface area contributed by atoms with Gasteiger partial charge < -0.3 is 9.47 Å². The van der Waals surface area contributed by atoms with Crippen molar-refractivity contribution >= 4 is 5.82 Å². The summed E-state index contributed by atoms with van der Waals surface area (Å²) in [5, 5.41) is 21.8. The third-order valence-corrected chi connectivity index (χ3v) is 5.44. The van der Waals surface area contributed by atoms with Crippen LogP contribution in [0.1, 0.15) is 55.0 Å². The lowest BCUT2D eigenvalue weighted by Crippen LogP contribution is -2.34. The molecule has 0 radical (unpaired) electrons. The second kappa shape index (κ2) is 6.71. The van der Waals surface area contributed by atoms with E-state index in [1.54, 1.807) is 12.7 Å². The van der Waals surface area contributed by atoms with Crippen molar-refractivity contribution in [1.82, 2.24) is 39.7 Å². The lowest BCUT2D eigenvalue weighted by molar-refractivity contribution is 0.458. The summed E-state index contributed by atoms with van der Waals surface area (Å²) >= 11 is 0. The van der Waals surface area contributed by atoms with Crippen LogP contribution in [0.5, 0.6) is 0 Å². The SMILES string of the molecule is Cc1ccc(N2CCC(c3nnc(Cn4cncn4)n3C3CC3)CC2)nn1. The van der Waals surface area contributed by atoms with Gasteiger partial charge in [-0.2, -0.15) is 10.2 Å². The van der Waals surface area contributed by atoms with Crippen LogP contribution in [-0.4, -0.2) is 52.8 Å². The van der Waals surface area contributed by atoms with Crippen LogP contribution in [0.15, 0.2) is 24.8 Å². The first-order valence-corrected chi connectivity index (χ1v) is 9.59. The van der Waals surface area contributed by atoms with Gasteiger partial charge in [-0.05, 0) is 44.7 Å². The van der Waals surface area contributed by atoms with Crippen LogP contribution in [0.25, 0.3) is 0 Å². The number of nitrogens with zero attached hydrogens (tertiary/aromatic N) is 9. The highest BCUT2D eigenvalue weighted by Gasteiger charge is 2.33. The van der Waals surface area contributed by atoms with Gasteiger partial charge in [-0.25, -0.2) is 9.67 Å². The van der Waals surface area contributed by atoms with Gasteiger partial charge in [0.2, 0.25) is 0 Å². The van der Waals surface area contributed by atoms with Gasteiger partial charge in [0.1, 0.15) is 25.0 Å². The molecule has 0 atom stereocenters. The Bertz CT molecular complexity index is 888. The average molecular weight is 365 g/mol. The van der Waals surface area contributed by atoms with Crippen molar-refractivity contribution in [3.8, 4) is 0 Å². The van der Waals surface area contributed by atoms with Crippen LogP contribution in [0.3, 0.4) is 0 Å². The van der Waals surface area contributed by atoms with Crippen LogP contribution in [0, 0.1) is 6.92 Å². The molecular weight excluding hydrogens is 342 g/mol. The van der Waals surface area contributed by atoms with Crippen LogP contribution >= 0.6 is 0 Å². The molecule has 3 aromatic rings. The summed E-state index contributed by atoms with van der Waals surface area (Å²) < 4.78 is 4.18. The first-order chi connectivity index (χ1) is 13.3. The molecule has 9 heteroatoms. The normalized spacial score (nSPS) is 18.2. The molecule has 0 bridgehead atoms. The molecule has 2 aliphatic rings. The van der Waals surface area contributed by atoms with E-state index in [0.717, 1.165) is 49.1 Å². The number of rotatable bonds is 5. The predicted molar refractivity (Wildman–Crippen MR) is 98.4 cm³/mol.